The molecule has 0 aliphatic rings. The van der Waals surface area contributed by atoms with Crippen molar-refractivity contribution in [1.82, 2.24) is 10.2 Å². The highest BCUT2D eigenvalue weighted by Gasteiger charge is 2.42. The molecule has 2 aromatic rings. The fourth-order valence-electron chi connectivity index (χ4n) is 5.16. The van der Waals surface area contributed by atoms with Gasteiger partial charge in [-0.1, -0.05) is 115 Å². The number of esters is 1. The summed E-state index contributed by atoms with van der Waals surface area (Å²) in [6, 6.07) is 18.9. The lowest BCUT2D eigenvalue weighted by atomic mass is 9.70. The number of carbonyl (C=O) groups is 3. The topological polar surface area (TPSA) is 75.7 Å². The van der Waals surface area contributed by atoms with Crippen LogP contribution in [0.1, 0.15) is 73.4 Å². The number of amides is 2. The van der Waals surface area contributed by atoms with Crippen LogP contribution in [0.4, 0.5) is 0 Å². The first-order valence-electron chi connectivity index (χ1n) is 14.6. The van der Waals surface area contributed by atoms with Gasteiger partial charge in [-0.15, -0.1) is 0 Å². The first-order valence-corrected chi connectivity index (χ1v) is 14.6. The van der Waals surface area contributed by atoms with E-state index in [9.17, 15) is 14.4 Å². The lowest BCUT2D eigenvalue weighted by Crippen LogP contribution is -2.58. The number of nitrogens with one attached hydrogen (secondary N) is 1. The number of likely N-dealkylation sites (N-methyl/N-ethyl adjacent to an activating group) is 1. The average molecular weight is 563 g/mol. The molecule has 0 saturated carbocycles. The van der Waals surface area contributed by atoms with Gasteiger partial charge in [0.1, 0.15) is 6.04 Å². The maximum absolute atomic E-state index is 14.2. The molecule has 6 heteroatoms. The van der Waals surface area contributed by atoms with Gasteiger partial charge in [-0.25, -0.2) is 4.79 Å². The molecule has 0 spiro atoms. The highest BCUT2D eigenvalue weighted by Crippen LogP contribution is 2.35. The summed E-state index contributed by atoms with van der Waals surface area (Å²) in [5, 5.41) is 3.18. The van der Waals surface area contributed by atoms with Crippen molar-refractivity contribution in [2.45, 2.75) is 86.2 Å². The summed E-state index contributed by atoms with van der Waals surface area (Å²) in [6.45, 7) is 17.8. The van der Waals surface area contributed by atoms with Crippen LogP contribution >= 0.6 is 0 Å². The molecule has 0 fully saturated rings. The maximum Gasteiger partial charge on any atom is 0.333 e. The highest BCUT2D eigenvalue weighted by molar-refractivity contribution is 5.91. The molecule has 0 aliphatic heterocycles. The van der Waals surface area contributed by atoms with Crippen LogP contribution in [-0.2, 0) is 31.0 Å². The SMILES string of the molecule is CCOC(=O)/C(C)=C/[C@H](C(C)C)N(C)C(=O)[C@@H](NC(=O)C(Cc1ccccc1)C(C)(C)c1ccccc1)C(C)(C)C. The molecular weight excluding hydrogens is 512 g/mol. The first-order chi connectivity index (χ1) is 19.1. The molecule has 224 valence electrons. The van der Waals surface area contributed by atoms with Gasteiger partial charge in [0, 0.05) is 18.0 Å². The summed E-state index contributed by atoms with van der Waals surface area (Å²) >= 11 is 0. The van der Waals surface area contributed by atoms with Gasteiger partial charge < -0.3 is 15.0 Å². The predicted octanol–water partition coefficient (Wildman–Crippen LogP) is 6.35. The van der Waals surface area contributed by atoms with Crippen LogP contribution in [0.15, 0.2) is 72.3 Å². The minimum absolute atomic E-state index is 0.0347. The van der Waals surface area contributed by atoms with Gasteiger partial charge in [0.2, 0.25) is 11.8 Å². The lowest BCUT2D eigenvalue weighted by molar-refractivity contribution is -0.142. The molecule has 0 aliphatic carbocycles. The van der Waals surface area contributed by atoms with Crippen molar-refractivity contribution < 1.29 is 19.1 Å². The molecule has 3 atom stereocenters. The number of hydrogen-bond donors (Lipinski definition) is 1. The van der Waals surface area contributed by atoms with Gasteiger partial charge in [-0.3, -0.25) is 9.59 Å². The Morgan fingerprint density at radius 1 is 0.927 bits per heavy atom. The van der Waals surface area contributed by atoms with E-state index in [1.807, 2.05) is 83.1 Å². The Bertz CT molecular complexity index is 1180. The average Bonchev–Trinajstić information content (AvgIpc) is 2.92. The minimum Gasteiger partial charge on any atom is -0.463 e. The quantitative estimate of drug-likeness (QED) is 0.242. The second-order valence-corrected chi connectivity index (χ2v) is 12.9. The summed E-state index contributed by atoms with van der Waals surface area (Å²) in [5.41, 5.74) is 1.52. The molecular formula is C35H50N2O4. The van der Waals surface area contributed by atoms with Gasteiger partial charge >= 0.3 is 5.97 Å². The zero-order chi connectivity index (χ0) is 31.0. The van der Waals surface area contributed by atoms with E-state index in [4.69, 9.17) is 4.74 Å². The van der Waals surface area contributed by atoms with Crippen LogP contribution in [0, 0.1) is 17.3 Å². The Labute approximate surface area is 247 Å². The summed E-state index contributed by atoms with van der Waals surface area (Å²) in [7, 11) is 1.74. The zero-order valence-electron chi connectivity index (χ0n) is 26.7. The molecule has 0 saturated heterocycles. The number of nitrogens with zero attached hydrogens (tertiary/aromatic N) is 1. The van der Waals surface area contributed by atoms with E-state index >= 15 is 0 Å². The van der Waals surface area contributed by atoms with Gasteiger partial charge in [0.05, 0.1) is 18.6 Å². The van der Waals surface area contributed by atoms with Crippen LogP contribution in [0.25, 0.3) is 0 Å². The molecule has 2 rings (SSSR count). The fourth-order valence-corrected chi connectivity index (χ4v) is 5.16. The standard InChI is InChI=1S/C35H50N2O4/c1-11-41-33(40)25(4)22-29(24(2)3)37(10)32(39)30(34(5,6)7)36-31(38)28(23-26-18-14-12-15-19-26)35(8,9)27-20-16-13-17-21-27/h12-22,24,28-30H,11,23H2,1-10H3,(H,36,38)/b25-22+/t28?,29-,30-/m1/s1. The van der Waals surface area contributed by atoms with E-state index in [2.05, 4.69) is 31.3 Å². The van der Waals surface area contributed by atoms with Crippen LogP contribution in [0.3, 0.4) is 0 Å². The van der Waals surface area contributed by atoms with Crippen molar-refractivity contribution in [1.29, 1.82) is 0 Å². The Morgan fingerprint density at radius 3 is 1.95 bits per heavy atom. The van der Waals surface area contributed by atoms with Crippen LogP contribution in [-0.4, -0.2) is 48.4 Å². The molecule has 1 N–H and O–H groups in total. The van der Waals surface area contributed by atoms with Crippen LogP contribution in [0.2, 0.25) is 0 Å². The molecule has 0 bridgehead atoms. The van der Waals surface area contributed by atoms with Gasteiger partial charge in [-0.2, -0.15) is 0 Å². The summed E-state index contributed by atoms with van der Waals surface area (Å²) in [5.74, 6) is -1.15. The van der Waals surface area contributed by atoms with E-state index in [1.54, 1.807) is 31.9 Å². The van der Waals surface area contributed by atoms with Crippen LogP contribution in [0.5, 0.6) is 0 Å². The third-order valence-electron chi connectivity index (χ3n) is 7.88. The van der Waals surface area contributed by atoms with Crippen molar-refractivity contribution in [2.75, 3.05) is 13.7 Å². The molecule has 1 unspecified atom stereocenters. The molecule has 6 nitrogen and oxygen atoms in total. The van der Waals surface area contributed by atoms with Crippen molar-refractivity contribution >= 4 is 17.8 Å². The molecule has 0 heterocycles. The van der Waals surface area contributed by atoms with Gasteiger partial charge in [0.25, 0.3) is 0 Å². The predicted molar refractivity (Wildman–Crippen MR) is 166 cm³/mol. The van der Waals surface area contributed by atoms with Gasteiger partial charge in [-0.05, 0) is 42.7 Å². The Hall–Kier alpha value is -3.41. The Balaban J connectivity index is 2.46. The van der Waals surface area contributed by atoms with Crippen molar-refractivity contribution in [3.05, 3.63) is 83.4 Å². The fraction of sp³-hybridized carbons (Fsp3) is 0.514. The summed E-state index contributed by atoms with van der Waals surface area (Å²) < 4.78 is 5.15. The van der Waals surface area contributed by atoms with Gasteiger partial charge in [0.15, 0.2) is 0 Å². The number of ether oxygens (including phenoxy) is 1. The van der Waals surface area contributed by atoms with Crippen molar-refractivity contribution in [2.24, 2.45) is 17.3 Å². The van der Waals surface area contributed by atoms with E-state index in [1.165, 1.54) is 0 Å². The Morgan fingerprint density at radius 2 is 1.46 bits per heavy atom. The summed E-state index contributed by atoms with van der Waals surface area (Å²) in [4.78, 5) is 42.3. The molecule has 2 aromatic carbocycles. The Kier molecular flexibility index (Phi) is 11.9. The van der Waals surface area contributed by atoms with Crippen molar-refractivity contribution in [3.8, 4) is 0 Å². The minimum atomic E-state index is -0.776. The molecule has 41 heavy (non-hydrogen) atoms. The highest BCUT2D eigenvalue weighted by atomic mass is 16.5. The van der Waals surface area contributed by atoms with E-state index in [0.717, 1.165) is 11.1 Å². The first kappa shape index (κ1) is 33.8. The third-order valence-corrected chi connectivity index (χ3v) is 7.88. The van der Waals surface area contributed by atoms with E-state index in [-0.39, 0.29) is 30.4 Å². The smallest absolute Gasteiger partial charge is 0.333 e. The second-order valence-electron chi connectivity index (χ2n) is 12.9. The largest absolute Gasteiger partial charge is 0.463 e. The second kappa shape index (κ2) is 14.5. The van der Waals surface area contributed by atoms with Crippen molar-refractivity contribution in [3.63, 3.8) is 0 Å². The molecule has 0 aromatic heterocycles. The number of benzene rings is 2. The zero-order valence-corrected chi connectivity index (χ0v) is 26.7. The lowest BCUT2D eigenvalue weighted by Gasteiger charge is -2.40. The molecule has 0 radical (unpaired) electrons. The maximum atomic E-state index is 14.2. The summed E-state index contributed by atoms with van der Waals surface area (Å²) in [6.07, 6.45) is 2.32. The van der Waals surface area contributed by atoms with E-state index in [0.29, 0.717) is 12.0 Å². The number of carbonyl (C=O) groups excluding carboxylic acids is 3. The van der Waals surface area contributed by atoms with E-state index < -0.39 is 28.8 Å². The number of hydrogen-bond acceptors (Lipinski definition) is 4. The number of rotatable bonds is 12. The monoisotopic (exact) mass is 562 g/mol. The normalized spacial score (nSPS) is 14.7. The molecule has 2 amide bonds. The van der Waals surface area contributed by atoms with Crippen LogP contribution < -0.4 is 5.32 Å². The third kappa shape index (κ3) is 9.04.